The molecule has 0 atom stereocenters. The number of amides is 2. The van der Waals surface area contributed by atoms with E-state index in [1.54, 1.807) is 11.8 Å². The lowest BCUT2D eigenvalue weighted by molar-refractivity contribution is -0.129. The highest BCUT2D eigenvalue weighted by Gasteiger charge is 2.10. The average molecular weight is 242 g/mol. The minimum atomic E-state index is 0.0155. The first-order valence-electron chi connectivity index (χ1n) is 6.52. The van der Waals surface area contributed by atoms with E-state index in [2.05, 4.69) is 12.2 Å². The summed E-state index contributed by atoms with van der Waals surface area (Å²) in [4.78, 5) is 24.6. The highest BCUT2D eigenvalue weighted by atomic mass is 16.2. The van der Waals surface area contributed by atoms with Gasteiger partial charge in [-0.15, -0.1) is 0 Å². The first-order chi connectivity index (χ1) is 7.97. The maximum atomic E-state index is 11.5. The number of nitrogens with one attached hydrogen (secondary N) is 1. The summed E-state index contributed by atoms with van der Waals surface area (Å²) in [6.45, 7) is 8.85. The number of hydrogen-bond donors (Lipinski definition) is 1. The molecule has 100 valence electrons. The molecule has 0 radical (unpaired) electrons. The zero-order chi connectivity index (χ0) is 13.3. The molecule has 0 unspecified atom stereocenters. The summed E-state index contributed by atoms with van der Waals surface area (Å²) in [7, 11) is 0. The summed E-state index contributed by atoms with van der Waals surface area (Å²) in [6, 6.07) is 0.161. The maximum absolute atomic E-state index is 11.5. The topological polar surface area (TPSA) is 49.4 Å². The lowest BCUT2D eigenvalue weighted by Gasteiger charge is -2.21. The van der Waals surface area contributed by atoms with E-state index in [1.165, 1.54) is 0 Å². The Kier molecular flexibility index (Phi) is 8.46. The van der Waals surface area contributed by atoms with Crippen molar-refractivity contribution in [3.05, 3.63) is 0 Å². The van der Waals surface area contributed by atoms with Crippen LogP contribution in [0.5, 0.6) is 0 Å². The molecule has 0 bridgehead atoms. The van der Waals surface area contributed by atoms with Crippen LogP contribution in [0, 0.1) is 0 Å². The Morgan fingerprint density at radius 1 is 1.18 bits per heavy atom. The molecule has 0 aliphatic rings. The van der Waals surface area contributed by atoms with E-state index in [0.29, 0.717) is 13.0 Å². The second-order valence-electron chi connectivity index (χ2n) is 4.69. The van der Waals surface area contributed by atoms with Gasteiger partial charge in [-0.25, -0.2) is 0 Å². The van der Waals surface area contributed by atoms with Gasteiger partial charge >= 0.3 is 0 Å². The summed E-state index contributed by atoms with van der Waals surface area (Å²) in [6.07, 6.45) is 3.67. The number of carbonyl (C=O) groups excluding carboxylic acids is 2. The van der Waals surface area contributed by atoms with Crippen molar-refractivity contribution < 1.29 is 9.59 Å². The van der Waals surface area contributed by atoms with Crippen LogP contribution in [0.25, 0.3) is 0 Å². The molecule has 4 heteroatoms. The van der Waals surface area contributed by atoms with Crippen LogP contribution in [-0.2, 0) is 9.59 Å². The standard InChI is InChI=1S/C13H26N2O2/c1-5-6-7-9-15(12(4)16)10-8-13(17)14-11(2)3/h11H,5-10H2,1-4H3,(H,14,17). The lowest BCUT2D eigenvalue weighted by Crippen LogP contribution is -2.36. The molecule has 0 aromatic heterocycles. The van der Waals surface area contributed by atoms with Crippen molar-refractivity contribution in [2.24, 2.45) is 0 Å². The molecule has 0 saturated heterocycles. The Morgan fingerprint density at radius 3 is 2.29 bits per heavy atom. The highest BCUT2D eigenvalue weighted by molar-refractivity contribution is 5.78. The van der Waals surface area contributed by atoms with E-state index in [1.807, 2.05) is 13.8 Å². The fourth-order valence-corrected chi connectivity index (χ4v) is 1.61. The van der Waals surface area contributed by atoms with Gasteiger partial charge in [-0.3, -0.25) is 9.59 Å². The largest absolute Gasteiger partial charge is 0.354 e. The predicted molar refractivity (Wildman–Crippen MR) is 69.7 cm³/mol. The van der Waals surface area contributed by atoms with Crippen LogP contribution in [0.2, 0.25) is 0 Å². The molecule has 0 saturated carbocycles. The van der Waals surface area contributed by atoms with Crippen LogP contribution in [0.1, 0.15) is 53.4 Å². The molecule has 1 N–H and O–H groups in total. The Hall–Kier alpha value is -1.06. The van der Waals surface area contributed by atoms with Crippen LogP contribution in [0.15, 0.2) is 0 Å². The SMILES string of the molecule is CCCCCN(CCC(=O)NC(C)C)C(C)=O. The molecule has 0 aliphatic heterocycles. The molecule has 0 aromatic carbocycles. The van der Waals surface area contributed by atoms with Gasteiger partial charge in [0.15, 0.2) is 0 Å². The van der Waals surface area contributed by atoms with Crippen molar-refractivity contribution in [1.82, 2.24) is 10.2 Å². The van der Waals surface area contributed by atoms with Crippen molar-refractivity contribution in [1.29, 1.82) is 0 Å². The molecule has 0 aromatic rings. The number of unbranched alkanes of at least 4 members (excludes halogenated alkanes) is 2. The van der Waals surface area contributed by atoms with E-state index in [0.717, 1.165) is 25.8 Å². The summed E-state index contributed by atoms with van der Waals surface area (Å²) in [5.74, 6) is 0.0696. The van der Waals surface area contributed by atoms with E-state index >= 15 is 0 Å². The van der Waals surface area contributed by atoms with Gasteiger partial charge in [-0.2, -0.15) is 0 Å². The van der Waals surface area contributed by atoms with Gasteiger partial charge in [0, 0.05) is 32.5 Å². The minimum Gasteiger partial charge on any atom is -0.354 e. The third kappa shape index (κ3) is 8.72. The highest BCUT2D eigenvalue weighted by Crippen LogP contribution is 2.00. The Balaban J connectivity index is 3.92. The zero-order valence-electron chi connectivity index (χ0n) is 11.6. The third-order valence-electron chi connectivity index (χ3n) is 2.54. The third-order valence-corrected chi connectivity index (χ3v) is 2.54. The van der Waals surface area contributed by atoms with Gasteiger partial charge in [-0.1, -0.05) is 19.8 Å². The molecule has 0 rings (SSSR count). The Morgan fingerprint density at radius 2 is 1.82 bits per heavy atom. The van der Waals surface area contributed by atoms with E-state index in [9.17, 15) is 9.59 Å². The van der Waals surface area contributed by atoms with Gasteiger partial charge in [0.25, 0.3) is 0 Å². The van der Waals surface area contributed by atoms with Crippen LogP contribution in [0.4, 0.5) is 0 Å². The van der Waals surface area contributed by atoms with Crippen molar-refractivity contribution in [2.75, 3.05) is 13.1 Å². The van der Waals surface area contributed by atoms with Crippen LogP contribution < -0.4 is 5.32 Å². The predicted octanol–water partition coefficient (Wildman–Crippen LogP) is 1.94. The number of carbonyl (C=O) groups is 2. The van der Waals surface area contributed by atoms with Gasteiger partial charge in [0.1, 0.15) is 0 Å². The van der Waals surface area contributed by atoms with Gasteiger partial charge in [-0.05, 0) is 20.3 Å². The molecule has 17 heavy (non-hydrogen) atoms. The van der Waals surface area contributed by atoms with Crippen LogP contribution in [0.3, 0.4) is 0 Å². The van der Waals surface area contributed by atoms with Crippen molar-refractivity contribution in [3.63, 3.8) is 0 Å². The molecular weight excluding hydrogens is 216 g/mol. The normalized spacial score (nSPS) is 10.4. The molecule has 2 amide bonds. The van der Waals surface area contributed by atoms with E-state index in [-0.39, 0.29) is 17.9 Å². The maximum Gasteiger partial charge on any atom is 0.221 e. The average Bonchev–Trinajstić information content (AvgIpc) is 2.21. The minimum absolute atomic E-state index is 0.0155. The Bertz CT molecular complexity index is 240. The summed E-state index contributed by atoms with van der Waals surface area (Å²) < 4.78 is 0. The fraction of sp³-hybridized carbons (Fsp3) is 0.846. The smallest absolute Gasteiger partial charge is 0.221 e. The van der Waals surface area contributed by atoms with Crippen molar-refractivity contribution in [2.45, 2.75) is 59.4 Å². The van der Waals surface area contributed by atoms with Crippen molar-refractivity contribution >= 4 is 11.8 Å². The first-order valence-corrected chi connectivity index (χ1v) is 6.52. The second-order valence-corrected chi connectivity index (χ2v) is 4.69. The first kappa shape index (κ1) is 15.9. The molecule has 0 heterocycles. The van der Waals surface area contributed by atoms with E-state index in [4.69, 9.17) is 0 Å². The van der Waals surface area contributed by atoms with Crippen molar-refractivity contribution in [3.8, 4) is 0 Å². The molecule has 0 spiro atoms. The quantitative estimate of drug-likeness (QED) is 0.661. The number of rotatable bonds is 8. The van der Waals surface area contributed by atoms with E-state index < -0.39 is 0 Å². The molecule has 0 fully saturated rings. The lowest BCUT2D eigenvalue weighted by atomic mass is 10.2. The molecule has 0 aliphatic carbocycles. The summed E-state index contributed by atoms with van der Waals surface area (Å²) in [5, 5.41) is 2.83. The van der Waals surface area contributed by atoms with Crippen LogP contribution in [-0.4, -0.2) is 35.8 Å². The summed E-state index contributed by atoms with van der Waals surface area (Å²) >= 11 is 0. The van der Waals surface area contributed by atoms with Gasteiger partial charge < -0.3 is 10.2 Å². The molecule has 4 nitrogen and oxygen atoms in total. The van der Waals surface area contributed by atoms with Gasteiger partial charge in [0.05, 0.1) is 0 Å². The number of hydrogen-bond acceptors (Lipinski definition) is 2. The fourth-order valence-electron chi connectivity index (χ4n) is 1.61. The summed E-state index contributed by atoms with van der Waals surface area (Å²) in [5.41, 5.74) is 0. The monoisotopic (exact) mass is 242 g/mol. The number of nitrogens with zero attached hydrogens (tertiary/aromatic N) is 1. The van der Waals surface area contributed by atoms with Gasteiger partial charge in [0.2, 0.25) is 11.8 Å². The molecular formula is C13H26N2O2. The second kappa shape index (κ2) is 9.02. The van der Waals surface area contributed by atoms with Crippen LogP contribution >= 0.6 is 0 Å². The zero-order valence-corrected chi connectivity index (χ0v) is 11.6. The Labute approximate surface area is 105 Å².